The molecule has 0 aromatic rings. The van der Waals surface area contributed by atoms with Gasteiger partial charge in [0.15, 0.2) is 0 Å². The van der Waals surface area contributed by atoms with Gasteiger partial charge in [-0.15, -0.1) is 0 Å². The molecule has 1 aliphatic rings. The van der Waals surface area contributed by atoms with Crippen LogP contribution in [0, 0.1) is 0 Å². The van der Waals surface area contributed by atoms with Crippen molar-refractivity contribution in [1.29, 1.82) is 0 Å². The van der Waals surface area contributed by atoms with E-state index in [1.165, 1.54) is 38.5 Å². The summed E-state index contributed by atoms with van der Waals surface area (Å²) in [5.41, 5.74) is 0. The molecule has 1 heterocycles. The van der Waals surface area contributed by atoms with Gasteiger partial charge < -0.3 is 10.1 Å². The van der Waals surface area contributed by atoms with Gasteiger partial charge in [0.25, 0.3) is 0 Å². The molecule has 2 heteroatoms. The lowest BCUT2D eigenvalue weighted by molar-refractivity contribution is 0.0666. The van der Waals surface area contributed by atoms with Crippen molar-refractivity contribution < 1.29 is 4.74 Å². The van der Waals surface area contributed by atoms with Gasteiger partial charge in [0, 0.05) is 18.7 Å². The molecule has 14 heavy (non-hydrogen) atoms. The minimum absolute atomic E-state index is 0.611. The van der Waals surface area contributed by atoms with E-state index in [9.17, 15) is 0 Å². The number of hydrogen-bond donors (Lipinski definition) is 1. The van der Waals surface area contributed by atoms with E-state index in [0.29, 0.717) is 12.1 Å². The van der Waals surface area contributed by atoms with Gasteiger partial charge in [-0.2, -0.15) is 0 Å². The van der Waals surface area contributed by atoms with Crippen LogP contribution in [0.5, 0.6) is 0 Å². The van der Waals surface area contributed by atoms with Crippen LogP contribution in [0.2, 0.25) is 0 Å². The predicted molar refractivity (Wildman–Crippen MR) is 60.6 cm³/mol. The Hall–Kier alpha value is -0.0800. The van der Waals surface area contributed by atoms with E-state index in [4.69, 9.17) is 4.74 Å². The molecular weight excluding hydrogens is 174 g/mol. The molecule has 0 aliphatic carbocycles. The van der Waals surface area contributed by atoms with Gasteiger partial charge in [-0.3, -0.25) is 0 Å². The Morgan fingerprint density at radius 1 is 1.43 bits per heavy atom. The van der Waals surface area contributed by atoms with Gasteiger partial charge in [-0.05, 0) is 26.2 Å². The number of rotatable bonds is 6. The first-order chi connectivity index (χ1) is 6.83. The van der Waals surface area contributed by atoms with Gasteiger partial charge in [0.1, 0.15) is 0 Å². The van der Waals surface area contributed by atoms with Gasteiger partial charge in [0.2, 0.25) is 0 Å². The maximum Gasteiger partial charge on any atom is 0.0619 e. The zero-order valence-corrected chi connectivity index (χ0v) is 9.72. The third-order valence-electron chi connectivity index (χ3n) is 2.92. The van der Waals surface area contributed by atoms with E-state index >= 15 is 0 Å². The Morgan fingerprint density at radius 2 is 2.29 bits per heavy atom. The highest BCUT2D eigenvalue weighted by Crippen LogP contribution is 2.09. The fourth-order valence-corrected chi connectivity index (χ4v) is 2.06. The summed E-state index contributed by atoms with van der Waals surface area (Å²) >= 11 is 0. The van der Waals surface area contributed by atoms with E-state index in [2.05, 4.69) is 19.2 Å². The fraction of sp³-hybridized carbons (Fsp3) is 1.00. The summed E-state index contributed by atoms with van der Waals surface area (Å²) < 4.78 is 5.45. The average molecular weight is 199 g/mol. The Balaban J connectivity index is 2.03. The highest BCUT2D eigenvalue weighted by molar-refractivity contribution is 4.73. The molecular formula is C12H25NO. The van der Waals surface area contributed by atoms with Gasteiger partial charge in [0.05, 0.1) is 6.61 Å². The SMILES string of the molecule is CCCCCC(C)NC1CCCOC1. The Kier molecular flexibility index (Phi) is 6.20. The van der Waals surface area contributed by atoms with Gasteiger partial charge >= 0.3 is 0 Å². The second-order valence-corrected chi connectivity index (χ2v) is 4.48. The van der Waals surface area contributed by atoms with E-state index in [1.807, 2.05) is 0 Å². The van der Waals surface area contributed by atoms with Crippen LogP contribution in [0.1, 0.15) is 52.4 Å². The summed E-state index contributed by atoms with van der Waals surface area (Å²) in [6.45, 7) is 6.43. The molecule has 0 saturated carbocycles. The highest BCUT2D eigenvalue weighted by atomic mass is 16.5. The van der Waals surface area contributed by atoms with Crippen LogP contribution in [0.15, 0.2) is 0 Å². The van der Waals surface area contributed by atoms with E-state index in [-0.39, 0.29) is 0 Å². The van der Waals surface area contributed by atoms with Crippen LogP contribution >= 0.6 is 0 Å². The Morgan fingerprint density at radius 3 is 2.93 bits per heavy atom. The molecule has 2 nitrogen and oxygen atoms in total. The van der Waals surface area contributed by atoms with Crippen molar-refractivity contribution >= 4 is 0 Å². The molecule has 2 atom stereocenters. The molecule has 0 spiro atoms. The molecule has 0 aromatic carbocycles. The van der Waals surface area contributed by atoms with Gasteiger partial charge in [-0.1, -0.05) is 26.2 Å². The molecule has 2 unspecified atom stereocenters. The number of unbranched alkanes of at least 4 members (excludes halogenated alkanes) is 2. The maximum absolute atomic E-state index is 5.45. The second kappa shape index (κ2) is 7.24. The Labute approximate surface area is 88.4 Å². The van der Waals surface area contributed by atoms with Crippen molar-refractivity contribution in [3.63, 3.8) is 0 Å². The lowest BCUT2D eigenvalue weighted by Crippen LogP contribution is -2.41. The molecule has 0 radical (unpaired) electrons. The topological polar surface area (TPSA) is 21.3 Å². The van der Waals surface area contributed by atoms with Crippen LogP contribution in [-0.2, 0) is 4.74 Å². The lowest BCUT2D eigenvalue weighted by atomic mass is 10.1. The van der Waals surface area contributed by atoms with E-state index in [0.717, 1.165) is 13.2 Å². The van der Waals surface area contributed by atoms with Crippen LogP contribution in [0.4, 0.5) is 0 Å². The van der Waals surface area contributed by atoms with Crippen LogP contribution in [-0.4, -0.2) is 25.3 Å². The number of ether oxygens (including phenoxy) is 1. The minimum atomic E-state index is 0.611. The van der Waals surface area contributed by atoms with Crippen LogP contribution in [0.25, 0.3) is 0 Å². The monoisotopic (exact) mass is 199 g/mol. The quantitative estimate of drug-likeness (QED) is 0.664. The lowest BCUT2D eigenvalue weighted by Gasteiger charge is -2.26. The molecule has 1 saturated heterocycles. The van der Waals surface area contributed by atoms with Crippen molar-refractivity contribution in [2.75, 3.05) is 13.2 Å². The standard InChI is InChI=1S/C12H25NO/c1-3-4-5-7-11(2)13-12-8-6-9-14-10-12/h11-13H,3-10H2,1-2H3. The third kappa shape index (κ3) is 4.97. The molecule has 0 bridgehead atoms. The summed E-state index contributed by atoms with van der Waals surface area (Å²) in [4.78, 5) is 0. The molecule has 84 valence electrons. The molecule has 1 rings (SSSR count). The van der Waals surface area contributed by atoms with Crippen molar-refractivity contribution in [2.24, 2.45) is 0 Å². The zero-order valence-electron chi connectivity index (χ0n) is 9.72. The van der Waals surface area contributed by atoms with Crippen molar-refractivity contribution in [3.05, 3.63) is 0 Å². The van der Waals surface area contributed by atoms with Crippen molar-refractivity contribution in [2.45, 2.75) is 64.5 Å². The largest absolute Gasteiger partial charge is 0.380 e. The van der Waals surface area contributed by atoms with Gasteiger partial charge in [-0.25, -0.2) is 0 Å². The second-order valence-electron chi connectivity index (χ2n) is 4.48. The first-order valence-corrected chi connectivity index (χ1v) is 6.16. The zero-order chi connectivity index (χ0) is 10.2. The predicted octanol–water partition coefficient (Wildman–Crippen LogP) is 2.72. The summed E-state index contributed by atoms with van der Waals surface area (Å²) in [5.74, 6) is 0. The maximum atomic E-state index is 5.45. The average Bonchev–Trinajstić information content (AvgIpc) is 2.20. The smallest absolute Gasteiger partial charge is 0.0619 e. The van der Waals surface area contributed by atoms with Crippen molar-refractivity contribution in [1.82, 2.24) is 5.32 Å². The first kappa shape index (κ1) is 12.0. The highest BCUT2D eigenvalue weighted by Gasteiger charge is 2.15. The third-order valence-corrected chi connectivity index (χ3v) is 2.92. The molecule has 1 aliphatic heterocycles. The van der Waals surface area contributed by atoms with Crippen LogP contribution in [0.3, 0.4) is 0 Å². The minimum Gasteiger partial charge on any atom is -0.380 e. The summed E-state index contributed by atoms with van der Waals surface area (Å²) in [6, 6.07) is 1.27. The summed E-state index contributed by atoms with van der Waals surface area (Å²) in [5, 5.41) is 3.65. The molecule has 1 fully saturated rings. The van der Waals surface area contributed by atoms with Crippen LogP contribution < -0.4 is 5.32 Å². The summed E-state index contributed by atoms with van der Waals surface area (Å²) in [7, 11) is 0. The Bertz CT molecular complexity index is 132. The van der Waals surface area contributed by atoms with E-state index in [1.54, 1.807) is 0 Å². The van der Waals surface area contributed by atoms with E-state index < -0.39 is 0 Å². The first-order valence-electron chi connectivity index (χ1n) is 6.16. The molecule has 1 N–H and O–H groups in total. The van der Waals surface area contributed by atoms with Crippen molar-refractivity contribution in [3.8, 4) is 0 Å². The number of nitrogens with one attached hydrogen (secondary N) is 1. The normalized spacial score (nSPS) is 24.9. The number of hydrogen-bond acceptors (Lipinski definition) is 2. The summed E-state index contributed by atoms with van der Waals surface area (Å²) in [6.07, 6.45) is 7.87. The molecule has 0 aromatic heterocycles. The fourth-order valence-electron chi connectivity index (χ4n) is 2.06. The molecule has 0 amide bonds.